The smallest absolute Gasteiger partial charge is 0.257 e. The number of benzene rings is 1. The second kappa shape index (κ2) is 10.6. The molecule has 168 valence electrons. The highest BCUT2D eigenvalue weighted by atomic mass is 16.5. The van der Waals surface area contributed by atoms with Gasteiger partial charge in [0.1, 0.15) is 12.1 Å². The van der Waals surface area contributed by atoms with E-state index in [2.05, 4.69) is 16.5 Å². The van der Waals surface area contributed by atoms with Crippen LogP contribution in [0.25, 0.3) is 16.8 Å². The largest absolute Gasteiger partial charge is 0.496 e. The van der Waals surface area contributed by atoms with Crippen molar-refractivity contribution in [1.82, 2.24) is 14.9 Å². The van der Waals surface area contributed by atoms with Crippen LogP contribution >= 0.6 is 0 Å². The molecule has 0 radical (unpaired) electrons. The van der Waals surface area contributed by atoms with E-state index in [0.29, 0.717) is 55.4 Å². The Morgan fingerprint density at radius 2 is 2.03 bits per heavy atom. The van der Waals surface area contributed by atoms with E-state index in [1.165, 1.54) is 12.5 Å². The first-order valence-electron chi connectivity index (χ1n) is 10.4. The number of carbonyl (C=O) groups excluding carboxylic acids is 1. The molecule has 0 unspecified atom stereocenters. The summed E-state index contributed by atoms with van der Waals surface area (Å²) in [5.41, 5.74) is 16.4. The van der Waals surface area contributed by atoms with E-state index < -0.39 is 0 Å². The monoisotopic (exact) mass is 435 g/mol. The van der Waals surface area contributed by atoms with Gasteiger partial charge in [0.05, 0.1) is 37.3 Å². The standard InChI is InChI=1S/C24H29N5O3/c1-4-20-22(18(14-25)6-5-16(2)26)23(28-15-27-20)17-7-8-19(21(13-17)31-3)24(30)29-9-11-32-12-10-29/h5-8,13-15H,2,4,9-12,25-26H2,1,3H3/b6-5-,18-14+. The molecule has 1 saturated heterocycles. The molecule has 0 bridgehead atoms. The Morgan fingerprint density at radius 3 is 2.66 bits per heavy atom. The minimum atomic E-state index is -0.0826. The molecule has 0 aliphatic carbocycles. The molecule has 2 heterocycles. The maximum Gasteiger partial charge on any atom is 0.257 e. The lowest BCUT2D eigenvalue weighted by molar-refractivity contribution is 0.0301. The molecule has 0 spiro atoms. The number of methoxy groups -OCH3 is 1. The number of rotatable bonds is 7. The summed E-state index contributed by atoms with van der Waals surface area (Å²) in [6, 6.07) is 5.45. The Balaban J connectivity index is 2.08. The summed E-state index contributed by atoms with van der Waals surface area (Å²) in [7, 11) is 1.55. The van der Waals surface area contributed by atoms with Crippen molar-refractivity contribution in [3.05, 3.63) is 72.0 Å². The number of aryl methyl sites for hydroxylation is 1. The number of allylic oxidation sites excluding steroid dienone is 3. The van der Waals surface area contributed by atoms with Crippen LogP contribution in [-0.4, -0.2) is 54.2 Å². The molecule has 0 saturated carbocycles. The Labute approximate surface area is 188 Å². The number of ether oxygens (including phenoxy) is 2. The average molecular weight is 436 g/mol. The molecular formula is C24H29N5O3. The maximum atomic E-state index is 13.0. The number of nitrogens with zero attached hydrogens (tertiary/aromatic N) is 3. The summed E-state index contributed by atoms with van der Waals surface area (Å²) in [6.45, 7) is 7.90. The summed E-state index contributed by atoms with van der Waals surface area (Å²) in [5, 5.41) is 0. The van der Waals surface area contributed by atoms with Gasteiger partial charge in [0.25, 0.3) is 5.91 Å². The lowest BCUT2D eigenvalue weighted by Gasteiger charge is -2.27. The molecule has 32 heavy (non-hydrogen) atoms. The lowest BCUT2D eigenvalue weighted by Crippen LogP contribution is -2.40. The summed E-state index contributed by atoms with van der Waals surface area (Å²) in [5.74, 6) is 0.395. The molecule has 1 aliphatic heterocycles. The summed E-state index contributed by atoms with van der Waals surface area (Å²) in [6.07, 6.45) is 7.17. The predicted molar refractivity (Wildman–Crippen MR) is 125 cm³/mol. The normalized spacial score (nSPS) is 14.6. The van der Waals surface area contributed by atoms with Crippen molar-refractivity contribution < 1.29 is 14.3 Å². The van der Waals surface area contributed by atoms with Crippen molar-refractivity contribution in [3.8, 4) is 17.0 Å². The van der Waals surface area contributed by atoms with Crippen molar-refractivity contribution in [3.63, 3.8) is 0 Å². The minimum Gasteiger partial charge on any atom is -0.496 e. The van der Waals surface area contributed by atoms with Crippen LogP contribution in [0.1, 0.15) is 28.5 Å². The molecule has 2 aromatic rings. The highest BCUT2D eigenvalue weighted by Crippen LogP contribution is 2.33. The van der Waals surface area contributed by atoms with Crippen LogP contribution in [0.15, 0.2) is 55.2 Å². The summed E-state index contributed by atoms with van der Waals surface area (Å²) >= 11 is 0. The molecule has 1 aromatic heterocycles. The first-order chi connectivity index (χ1) is 15.5. The number of carbonyl (C=O) groups is 1. The van der Waals surface area contributed by atoms with Gasteiger partial charge in [-0.15, -0.1) is 0 Å². The van der Waals surface area contributed by atoms with Crippen molar-refractivity contribution in [2.24, 2.45) is 11.5 Å². The SMILES string of the molecule is C=C(N)/C=C\C(=C/N)c1c(CC)ncnc1-c1ccc(C(=O)N2CCOCC2)c(OC)c1. The molecule has 1 aromatic carbocycles. The number of aromatic nitrogens is 2. The Kier molecular flexibility index (Phi) is 7.62. The third-order valence-electron chi connectivity index (χ3n) is 5.21. The quantitative estimate of drug-likeness (QED) is 0.642. The molecule has 1 amide bonds. The zero-order chi connectivity index (χ0) is 23.1. The van der Waals surface area contributed by atoms with Crippen LogP contribution in [0.5, 0.6) is 5.75 Å². The van der Waals surface area contributed by atoms with Crippen LogP contribution in [0.2, 0.25) is 0 Å². The van der Waals surface area contributed by atoms with E-state index >= 15 is 0 Å². The van der Waals surface area contributed by atoms with Crippen LogP contribution in [0, 0.1) is 0 Å². The van der Waals surface area contributed by atoms with Crippen molar-refractivity contribution >= 4 is 11.5 Å². The molecule has 0 atom stereocenters. The van der Waals surface area contributed by atoms with Gasteiger partial charge in [-0.1, -0.05) is 25.6 Å². The molecule has 8 nitrogen and oxygen atoms in total. The van der Waals surface area contributed by atoms with Crippen molar-refractivity contribution in [1.29, 1.82) is 0 Å². The van der Waals surface area contributed by atoms with Crippen molar-refractivity contribution in [2.75, 3.05) is 33.4 Å². The van der Waals surface area contributed by atoms with Gasteiger partial charge in [-0.2, -0.15) is 0 Å². The average Bonchev–Trinajstić information content (AvgIpc) is 2.83. The van der Waals surface area contributed by atoms with Gasteiger partial charge in [0.15, 0.2) is 0 Å². The Bertz CT molecular complexity index is 1060. The van der Waals surface area contributed by atoms with Crippen LogP contribution in [0.4, 0.5) is 0 Å². The van der Waals surface area contributed by atoms with Gasteiger partial charge in [0.2, 0.25) is 0 Å². The molecule has 8 heteroatoms. The zero-order valence-electron chi connectivity index (χ0n) is 18.5. The van der Waals surface area contributed by atoms with Crippen molar-refractivity contribution in [2.45, 2.75) is 13.3 Å². The minimum absolute atomic E-state index is 0.0826. The van der Waals surface area contributed by atoms with Gasteiger partial charge >= 0.3 is 0 Å². The van der Waals surface area contributed by atoms with E-state index in [4.69, 9.17) is 20.9 Å². The van der Waals surface area contributed by atoms with E-state index in [0.717, 1.165) is 22.4 Å². The second-order valence-electron chi connectivity index (χ2n) is 7.25. The number of hydrogen-bond donors (Lipinski definition) is 2. The Hall–Kier alpha value is -3.65. The van der Waals surface area contributed by atoms with Gasteiger partial charge in [0, 0.05) is 41.7 Å². The fraction of sp³-hybridized carbons (Fsp3) is 0.292. The van der Waals surface area contributed by atoms with Gasteiger partial charge in [-0.05, 0) is 24.6 Å². The van der Waals surface area contributed by atoms with Gasteiger partial charge in [-0.25, -0.2) is 9.97 Å². The number of morpholine rings is 1. The molecule has 1 fully saturated rings. The zero-order valence-corrected chi connectivity index (χ0v) is 18.5. The Morgan fingerprint density at radius 1 is 1.28 bits per heavy atom. The molecule has 3 rings (SSSR count). The van der Waals surface area contributed by atoms with E-state index in [1.54, 1.807) is 30.2 Å². The molecule has 4 N–H and O–H groups in total. The van der Waals surface area contributed by atoms with Gasteiger partial charge < -0.3 is 25.8 Å². The molecular weight excluding hydrogens is 406 g/mol. The summed E-state index contributed by atoms with van der Waals surface area (Å²) in [4.78, 5) is 23.7. The first-order valence-corrected chi connectivity index (χ1v) is 10.4. The third-order valence-corrected chi connectivity index (χ3v) is 5.21. The van der Waals surface area contributed by atoms with E-state index in [9.17, 15) is 4.79 Å². The third kappa shape index (κ3) is 4.97. The van der Waals surface area contributed by atoms with E-state index in [-0.39, 0.29) is 5.91 Å². The van der Waals surface area contributed by atoms with Crippen LogP contribution in [-0.2, 0) is 11.2 Å². The first kappa shape index (κ1) is 23.0. The fourth-order valence-electron chi connectivity index (χ4n) is 3.58. The molecule has 1 aliphatic rings. The number of nitrogens with two attached hydrogens (primary N) is 2. The number of hydrogen-bond acceptors (Lipinski definition) is 7. The van der Waals surface area contributed by atoms with Crippen LogP contribution < -0.4 is 16.2 Å². The predicted octanol–water partition coefficient (Wildman–Crippen LogP) is 2.52. The topological polar surface area (TPSA) is 117 Å². The highest BCUT2D eigenvalue weighted by molar-refractivity contribution is 5.98. The second-order valence-corrected chi connectivity index (χ2v) is 7.25. The number of amides is 1. The van der Waals surface area contributed by atoms with E-state index in [1.807, 2.05) is 19.1 Å². The maximum absolute atomic E-state index is 13.0. The highest BCUT2D eigenvalue weighted by Gasteiger charge is 2.23. The van der Waals surface area contributed by atoms with Gasteiger partial charge in [-0.3, -0.25) is 4.79 Å². The fourth-order valence-corrected chi connectivity index (χ4v) is 3.58. The van der Waals surface area contributed by atoms with Crippen LogP contribution in [0.3, 0.4) is 0 Å². The lowest BCUT2D eigenvalue weighted by atomic mass is 9.95. The summed E-state index contributed by atoms with van der Waals surface area (Å²) < 4.78 is 10.9.